The van der Waals surface area contributed by atoms with Gasteiger partial charge in [0.2, 0.25) is 0 Å². The molecule has 0 aliphatic carbocycles. The number of hydrogen-bond donors (Lipinski definition) is 10. The van der Waals surface area contributed by atoms with Gasteiger partial charge < -0.3 is 30.4 Å². The lowest BCUT2D eigenvalue weighted by molar-refractivity contribution is 0.0947. The molecule has 101 heavy (non-hydrogen) atoms. The largest absolute Gasteiger partial charge is 0.508 e. The second-order valence-corrected chi connectivity index (χ2v) is 23.6. The lowest BCUT2D eigenvalue weighted by atomic mass is 10.0. The van der Waals surface area contributed by atoms with Crippen molar-refractivity contribution >= 4 is 77.4 Å². The first-order valence-corrected chi connectivity index (χ1v) is 32.9. The first kappa shape index (κ1) is 77.3. The fourth-order valence-corrected chi connectivity index (χ4v) is 9.48. The van der Waals surface area contributed by atoms with Crippen LogP contribution in [-0.2, 0) is 6.42 Å². The molecule has 10 aromatic rings. The number of carbonyl (C=O) groups is 4. The molecular formula is C80H83N11O9S. The number of phenolic OH excluding ortho intramolecular Hbond substituents is 5. The van der Waals surface area contributed by atoms with Crippen LogP contribution in [0.5, 0.6) is 28.7 Å². The molecular weight excluding hydrogens is 1290 g/mol. The molecule has 20 nitrogen and oxygen atoms in total. The number of nitrogens with one attached hydrogen (secondary N) is 5. The number of amides is 4. The van der Waals surface area contributed by atoms with Crippen molar-refractivity contribution in [3.8, 4) is 28.7 Å². The van der Waals surface area contributed by atoms with E-state index in [1.165, 1.54) is 94.5 Å². The Morgan fingerprint density at radius 2 is 0.752 bits per heavy atom. The van der Waals surface area contributed by atoms with E-state index in [1.54, 1.807) is 90.9 Å². The fraction of sp³-hybridized carbons (Fsp3) is 0.138. The first-order chi connectivity index (χ1) is 48.7. The van der Waals surface area contributed by atoms with E-state index in [1.807, 2.05) is 111 Å². The second-order valence-electron chi connectivity index (χ2n) is 22.4. The summed E-state index contributed by atoms with van der Waals surface area (Å²) >= 11 is 1.65. The monoisotopic (exact) mass is 1370 g/mol. The third-order valence-corrected chi connectivity index (χ3v) is 15.6. The summed E-state index contributed by atoms with van der Waals surface area (Å²) in [6, 6.07) is 66.7. The van der Waals surface area contributed by atoms with Gasteiger partial charge in [0, 0.05) is 50.8 Å². The van der Waals surface area contributed by atoms with Crippen molar-refractivity contribution in [1.29, 1.82) is 0 Å². The highest BCUT2D eigenvalue weighted by molar-refractivity contribution is 7.13. The van der Waals surface area contributed by atoms with Crippen molar-refractivity contribution < 1.29 is 44.7 Å². The van der Waals surface area contributed by atoms with Crippen LogP contribution < -0.4 is 32.0 Å². The molecule has 0 saturated heterocycles. The number of thiophene rings is 1. The zero-order valence-electron chi connectivity index (χ0n) is 57.2. The number of hydrazone groups is 5. The van der Waals surface area contributed by atoms with Crippen molar-refractivity contribution in [1.82, 2.24) is 27.1 Å². The molecule has 0 bridgehead atoms. The highest BCUT2D eigenvalue weighted by Gasteiger charge is 2.08. The predicted molar refractivity (Wildman–Crippen MR) is 407 cm³/mol. The molecule has 0 aliphatic rings. The number of nitrogens with zero attached hydrogens (tertiary/aromatic N) is 6. The SMILES string of the molecule is C=C(N/N=C/c1ccc(C(C)C)cc1)c1ccc(O)cc1.CCN(CC)c1ccc(/C=N/NC(=O)c2ccc(O)cc2)cc1.CCc1ccc(/C=N/NC(=O)c2ccc(O)cc2)s1.Cc1ccc(/C=N/NC(=O)c2ccc(O)cc2)cc1.Cc1cccc(/C=N/NC(=O)c2ccc(O)cc2)c1. The molecule has 0 saturated carbocycles. The van der Waals surface area contributed by atoms with Crippen LogP contribution in [0, 0.1) is 13.8 Å². The van der Waals surface area contributed by atoms with Gasteiger partial charge in [0.1, 0.15) is 28.7 Å². The van der Waals surface area contributed by atoms with Gasteiger partial charge in [-0.05, 0) is 219 Å². The second kappa shape index (κ2) is 41.4. The van der Waals surface area contributed by atoms with Crippen LogP contribution in [0.15, 0.2) is 263 Å². The Labute approximate surface area is 592 Å². The van der Waals surface area contributed by atoms with Crippen LogP contribution in [0.3, 0.4) is 0 Å². The Morgan fingerprint density at radius 3 is 1.11 bits per heavy atom. The molecule has 1 heterocycles. The summed E-state index contributed by atoms with van der Waals surface area (Å²) in [5, 5.41) is 65.6. The molecule has 10 N–H and O–H groups in total. The Kier molecular flexibility index (Phi) is 31.6. The molecule has 0 spiro atoms. The van der Waals surface area contributed by atoms with Crippen molar-refractivity contribution in [3.05, 3.63) is 314 Å². The standard InChI is InChI=1S/C18H21N3O2.C18H20N2O.2C15H14N2O2.C14H14N2O2S/c1-3-21(4-2)16-9-5-14(6-10-16)13-19-20-18(23)15-7-11-17(22)12-8-15;1-13(2)16-6-4-15(5-7-16)12-19-20-14(3)17-8-10-18(21)11-9-17;1-11-2-4-12(5-3-11)10-16-17-15(19)13-6-8-14(18)9-7-13;1-11-3-2-4-12(9-11)10-16-17-15(19)13-5-7-14(18)8-6-13;1-2-12-7-8-13(19-12)9-15-16-14(18)10-3-5-11(17)6-4-10/h5-13,22H,3-4H2,1-2H3,(H,20,23);4-13,20-21H,3H2,1-2H3;2*2-10,18H,1H3,(H,17,19);3-9,17H,2H2,1H3,(H,16,18)/b19-13+;19-12+;2*16-10+;15-9+. The maximum absolute atomic E-state index is 11.9. The number of anilines is 1. The third-order valence-electron chi connectivity index (χ3n) is 14.4. The summed E-state index contributed by atoms with van der Waals surface area (Å²) in [7, 11) is 0. The molecule has 4 amide bonds. The van der Waals surface area contributed by atoms with Crippen LogP contribution in [0.25, 0.3) is 5.70 Å². The minimum atomic E-state index is -0.319. The number of benzene rings is 9. The summed E-state index contributed by atoms with van der Waals surface area (Å²) in [4.78, 5) is 51.5. The Hall–Kier alpha value is -12.8. The van der Waals surface area contributed by atoms with Gasteiger partial charge in [-0.3, -0.25) is 24.6 Å². The minimum Gasteiger partial charge on any atom is -0.508 e. The summed E-state index contributed by atoms with van der Waals surface area (Å²) < 4.78 is 0. The number of carbonyl (C=O) groups excluding carboxylic acids is 4. The number of hydrogen-bond acceptors (Lipinski definition) is 17. The van der Waals surface area contributed by atoms with E-state index in [9.17, 15) is 29.4 Å². The number of aryl methyl sites for hydroxylation is 3. The van der Waals surface area contributed by atoms with E-state index >= 15 is 0 Å². The van der Waals surface area contributed by atoms with E-state index in [-0.39, 0.29) is 52.4 Å². The van der Waals surface area contributed by atoms with Gasteiger partial charge in [0.25, 0.3) is 23.6 Å². The van der Waals surface area contributed by atoms with E-state index in [2.05, 4.69) is 111 Å². The van der Waals surface area contributed by atoms with Crippen molar-refractivity contribution in [3.63, 3.8) is 0 Å². The molecule has 0 radical (unpaired) electrons. The topological polar surface area (TPSA) is 295 Å². The number of phenols is 5. The lowest BCUT2D eigenvalue weighted by Crippen LogP contribution is -2.21. The molecule has 0 fully saturated rings. The zero-order valence-corrected chi connectivity index (χ0v) is 58.0. The van der Waals surface area contributed by atoms with Gasteiger partial charge in [-0.2, -0.15) is 25.5 Å². The molecule has 9 aromatic carbocycles. The smallest absolute Gasteiger partial charge is 0.271 e. The first-order valence-electron chi connectivity index (χ1n) is 32.1. The summed E-state index contributed by atoms with van der Waals surface area (Å²) in [5.41, 5.74) is 24.6. The Balaban J connectivity index is 0.000000199. The maximum atomic E-state index is 11.9. The normalized spacial score (nSPS) is 10.7. The fourth-order valence-electron chi connectivity index (χ4n) is 8.66. The molecule has 518 valence electrons. The van der Waals surface area contributed by atoms with Crippen LogP contribution in [0.4, 0.5) is 5.69 Å². The number of aromatic hydroxyl groups is 5. The Bertz CT molecular complexity index is 4380. The van der Waals surface area contributed by atoms with Gasteiger partial charge >= 0.3 is 0 Å². The summed E-state index contributed by atoms with van der Waals surface area (Å²) in [6.45, 7) is 20.5. The van der Waals surface area contributed by atoms with Gasteiger partial charge in [-0.1, -0.05) is 123 Å². The van der Waals surface area contributed by atoms with Gasteiger partial charge in [-0.25, -0.2) is 21.7 Å². The molecule has 0 aliphatic heterocycles. The summed E-state index contributed by atoms with van der Waals surface area (Å²) in [6.07, 6.45) is 9.16. The van der Waals surface area contributed by atoms with Crippen LogP contribution in [0.1, 0.15) is 136 Å². The van der Waals surface area contributed by atoms with Crippen molar-refractivity contribution in [2.75, 3.05) is 18.0 Å². The highest BCUT2D eigenvalue weighted by Crippen LogP contribution is 2.19. The zero-order chi connectivity index (χ0) is 72.9. The average molecular weight is 1370 g/mol. The Morgan fingerprint density at radius 1 is 0.406 bits per heavy atom. The number of rotatable bonds is 21. The highest BCUT2D eigenvalue weighted by atomic mass is 32.1. The maximum Gasteiger partial charge on any atom is 0.271 e. The van der Waals surface area contributed by atoms with Gasteiger partial charge in [0.05, 0.1) is 36.8 Å². The molecule has 10 rings (SSSR count). The van der Waals surface area contributed by atoms with Crippen LogP contribution in [0.2, 0.25) is 0 Å². The molecule has 1 aromatic heterocycles. The summed E-state index contributed by atoms with van der Waals surface area (Å²) in [5.74, 6) is 0.0177. The van der Waals surface area contributed by atoms with Gasteiger partial charge in [0.15, 0.2) is 0 Å². The molecule has 0 unspecified atom stereocenters. The van der Waals surface area contributed by atoms with Crippen molar-refractivity contribution in [2.45, 2.75) is 60.8 Å². The molecule has 0 atom stereocenters. The average Bonchev–Trinajstić information content (AvgIpc) is 1.77. The van der Waals surface area contributed by atoms with Crippen LogP contribution in [-0.4, -0.2) is 93.3 Å². The van der Waals surface area contributed by atoms with Crippen molar-refractivity contribution in [2.24, 2.45) is 25.5 Å². The van der Waals surface area contributed by atoms with E-state index in [0.717, 1.165) is 57.8 Å². The van der Waals surface area contributed by atoms with Gasteiger partial charge in [-0.15, -0.1) is 11.3 Å². The lowest BCUT2D eigenvalue weighted by Gasteiger charge is -2.20. The van der Waals surface area contributed by atoms with E-state index in [4.69, 9.17) is 15.3 Å². The van der Waals surface area contributed by atoms with Crippen LogP contribution >= 0.6 is 11.3 Å². The third kappa shape index (κ3) is 28.1. The minimum absolute atomic E-state index is 0.123. The van der Waals surface area contributed by atoms with E-state index in [0.29, 0.717) is 33.9 Å². The quantitative estimate of drug-likeness (QED) is 0.0238. The predicted octanol–water partition coefficient (Wildman–Crippen LogP) is 14.8. The van der Waals surface area contributed by atoms with E-state index < -0.39 is 0 Å². The molecule has 21 heteroatoms.